The average Bonchev–Trinajstić information content (AvgIpc) is 3.40. The molecular weight excluding hydrogens is 616 g/mol. The van der Waals surface area contributed by atoms with E-state index in [0.717, 1.165) is 21.2 Å². The molecule has 2 aliphatic rings. The predicted octanol–water partition coefficient (Wildman–Crippen LogP) is 6.71. The highest BCUT2D eigenvalue weighted by molar-refractivity contribution is 9.10. The normalized spacial score (nSPS) is 19.9. The minimum Gasteiger partial charge on any atom is -0.496 e. The van der Waals surface area contributed by atoms with E-state index in [1.807, 2.05) is 78.9 Å². The fourth-order valence-electron chi connectivity index (χ4n) is 6.28. The summed E-state index contributed by atoms with van der Waals surface area (Å²) in [5, 5.41) is 0.464. The van der Waals surface area contributed by atoms with Gasteiger partial charge >= 0.3 is 0 Å². The van der Waals surface area contributed by atoms with Gasteiger partial charge < -0.3 is 9.64 Å². The maximum atomic E-state index is 14.8. The van der Waals surface area contributed by atoms with Crippen molar-refractivity contribution in [2.24, 2.45) is 5.92 Å². The number of carbonyl (C=O) groups excluding carboxylic acids is 3. The van der Waals surface area contributed by atoms with Crippen LogP contribution in [0.5, 0.6) is 5.75 Å². The Bertz CT molecular complexity index is 1680. The van der Waals surface area contributed by atoms with E-state index in [1.54, 1.807) is 30.2 Å². The van der Waals surface area contributed by atoms with Crippen LogP contribution in [0.3, 0.4) is 0 Å². The van der Waals surface area contributed by atoms with Crippen LogP contribution in [0.4, 0.5) is 5.69 Å². The lowest BCUT2D eigenvalue weighted by Gasteiger charge is -2.34. The molecule has 6 nitrogen and oxygen atoms in total. The first-order chi connectivity index (χ1) is 20.3. The highest BCUT2D eigenvalue weighted by Gasteiger charge is 2.61. The summed E-state index contributed by atoms with van der Waals surface area (Å²) >= 11 is 10.1. The van der Waals surface area contributed by atoms with Crippen molar-refractivity contribution in [2.75, 3.05) is 12.0 Å². The van der Waals surface area contributed by atoms with Gasteiger partial charge in [0.15, 0.2) is 0 Å². The molecule has 6 rings (SSSR count). The van der Waals surface area contributed by atoms with Gasteiger partial charge in [0.1, 0.15) is 5.75 Å². The van der Waals surface area contributed by atoms with Gasteiger partial charge in [0, 0.05) is 27.2 Å². The number of hydrogen-bond acceptors (Lipinski definition) is 4. The number of ether oxygens (including phenoxy) is 1. The third kappa shape index (κ3) is 4.91. The van der Waals surface area contributed by atoms with E-state index in [1.165, 1.54) is 4.90 Å². The van der Waals surface area contributed by atoms with Gasteiger partial charge in [-0.3, -0.25) is 19.3 Å². The number of nitrogens with zero attached hydrogens (tertiary/aromatic N) is 2. The van der Waals surface area contributed by atoms with Crippen LogP contribution in [0, 0.1) is 5.92 Å². The monoisotopic (exact) mass is 642 g/mol. The molecular formula is C34H28BrClN2O4. The summed E-state index contributed by atoms with van der Waals surface area (Å²) in [6.07, 6.45) is 0.158. The third-order valence-electron chi connectivity index (χ3n) is 8.30. The molecule has 4 aromatic rings. The van der Waals surface area contributed by atoms with Crippen molar-refractivity contribution in [3.05, 3.63) is 129 Å². The SMILES string of the molecule is COc1ccccc1CN1C(=O)C[C@H]([C@]2(Cc3ccc(Br)cc3)C(=O)N(Cc3ccccc3)c3ccc(Cl)cc32)C1=O. The molecule has 2 aliphatic heterocycles. The number of benzene rings is 4. The molecule has 0 unspecified atom stereocenters. The van der Waals surface area contributed by atoms with E-state index < -0.39 is 11.3 Å². The van der Waals surface area contributed by atoms with Crippen LogP contribution in [-0.2, 0) is 39.3 Å². The predicted molar refractivity (Wildman–Crippen MR) is 165 cm³/mol. The molecule has 42 heavy (non-hydrogen) atoms. The molecule has 212 valence electrons. The van der Waals surface area contributed by atoms with Crippen LogP contribution in [0.2, 0.25) is 5.02 Å². The first kappa shape index (κ1) is 28.2. The number of amides is 3. The van der Waals surface area contributed by atoms with Crippen molar-refractivity contribution in [2.45, 2.75) is 31.3 Å². The summed E-state index contributed by atoms with van der Waals surface area (Å²) in [4.78, 5) is 45.7. The fourth-order valence-corrected chi connectivity index (χ4v) is 6.72. The summed E-state index contributed by atoms with van der Waals surface area (Å²) in [6, 6.07) is 30.2. The van der Waals surface area contributed by atoms with E-state index in [-0.39, 0.29) is 37.1 Å². The second-order valence-corrected chi connectivity index (χ2v) is 12.1. The van der Waals surface area contributed by atoms with Crippen LogP contribution in [0.25, 0.3) is 0 Å². The number of para-hydroxylation sites is 1. The number of rotatable bonds is 8. The number of methoxy groups -OCH3 is 1. The summed E-state index contributed by atoms with van der Waals surface area (Å²) < 4.78 is 6.38. The summed E-state index contributed by atoms with van der Waals surface area (Å²) in [5.74, 6) is -1.22. The summed E-state index contributed by atoms with van der Waals surface area (Å²) in [7, 11) is 1.56. The topological polar surface area (TPSA) is 66.9 Å². The van der Waals surface area contributed by atoms with Gasteiger partial charge in [-0.2, -0.15) is 0 Å². The van der Waals surface area contributed by atoms with Gasteiger partial charge in [0.05, 0.1) is 31.5 Å². The first-order valence-corrected chi connectivity index (χ1v) is 14.9. The zero-order valence-electron chi connectivity index (χ0n) is 22.9. The standard InChI is InChI=1S/C34H28BrClN2O4/c1-42-30-10-6-5-9-24(30)21-38-31(39)18-28(32(38)40)34(19-22-11-13-25(35)14-12-22)27-17-26(36)15-16-29(27)37(33(34)41)20-23-7-3-2-4-8-23/h2-17,28H,18-21H2,1H3/t28-,34+/m0/s1. The third-order valence-corrected chi connectivity index (χ3v) is 9.06. The van der Waals surface area contributed by atoms with Crippen molar-refractivity contribution in [1.29, 1.82) is 0 Å². The lowest BCUT2D eigenvalue weighted by Crippen LogP contribution is -2.49. The largest absolute Gasteiger partial charge is 0.496 e. The molecule has 0 spiro atoms. The average molecular weight is 644 g/mol. The molecule has 0 aromatic heterocycles. The zero-order valence-corrected chi connectivity index (χ0v) is 25.3. The molecule has 2 heterocycles. The smallest absolute Gasteiger partial charge is 0.239 e. The molecule has 1 fully saturated rings. The van der Waals surface area contributed by atoms with Gasteiger partial charge in [-0.05, 0) is 59.5 Å². The fraction of sp³-hybridized carbons (Fsp3) is 0.206. The Balaban J connectivity index is 1.47. The Morgan fingerprint density at radius 1 is 0.857 bits per heavy atom. The molecule has 4 aromatic carbocycles. The molecule has 0 bridgehead atoms. The number of carbonyl (C=O) groups is 3. The Labute approximate surface area is 258 Å². The summed E-state index contributed by atoms with van der Waals surface area (Å²) in [6.45, 7) is 0.396. The van der Waals surface area contributed by atoms with Crippen molar-refractivity contribution in [3.8, 4) is 5.75 Å². The lowest BCUT2D eigenvalue weighted by molar-refractivity contribution is -0.142. The van der Waals surface area contributed by atoms with Gasteiger partial charge in [-0.15, -0.1) is 0 Å². The van der Waals surface area contributed by atoms with E-state index in [0.29, 0.717) is 28.6 Å². The second-order valence-electron chi connectivity index (χ2n) is 10.7. The van der Waals surface area contributed by atoms with Crippen molar-refractivity contribution in [1.82, 2.24) is 4.90 Å². The number of halogens is 2. The molecule has 3 amide bonds. The molecule has 2 atom stereocenters. The Kier molecular flexibility index (Phi) is 7.64. The number of imide groups is 1. The molecule has 0 saturated carbocycles. The molecule has 0 aliphatic carbocycles. The Hall–Kier alpha value is -3.94. The highest BCUT2D eigenvalue weighted by Crippen LogP contribution is 2.53. The van der Waals surface area contributed by atoms with Crippen molar-refractivity contribution in [3.63, 3.8) is 0 Å². The lowest BCUT2D eigenvalue weighted by atomic mass is 9.66. The maximum absolute atomic E-state index is 14.8. The summed E-state index contributed by atoms with van der Waals surface area (Å²) in [5.41, 5.74) is 2.60. The van der Waals surface area contributed by atoms with Crippen LogP contribution in [0.1, 0.15) is 28.7 Å². The number of likely N-dealkylation sites (tertiary alicyclic amines) is 1. The molecule has 1 saturated heterocycles. The number of fused-ring (bicyclic) bond motifs is 1. The quantitative estimate of drug-likeness (QED) is 0.200. The second kappa shape index (κ2) is 11.4. The minimum atomic E-state index is -1.33. The van der Waals surface area contributed by atoms with Crippen molar-refractivity contribution >= 4 is 50.9 Å². The van der Waals surface area contributed by atoms with E-state index >= 15 is 0 Å². The van der Waals surface area contributed by atoms with Gasteiger partial charge in [-0.1, -0.05) is 88.2 Å². The van der Waals surface area contributed by atoms with Crippen LogP contribution in [-0.4, -0.2) is 29.7 Å². The van der Waals surface area contributed by atoms with Crippen molar-refractivity contribution < 1.29 is 19.1 Å². The van der Waals surface area contributed by atoms with E-state index in [2.05, 4.69) is 15.9 Å². The van der Waals surface area contributed by atoms with E-state index in [4.69, 9.17) is 16.3 Å². The van der Waals surface area contributed by atoms with E-state index in [9.17, 15) is 14.4 Å². The van der Waals surface area contributed by atoms with Crippen LogP contribution in [0.15, 0.2) is 102 Å². The first-order valence-electron chi connectivity index (χ1n) is 13.7. The Morgan fingerprint density at radius 3 is 2.31 bits per heavy atom. The van der Waals surface area contributed by atoms with Crippen LogP contribution >= 0.6 is 27.5 Å². The minimum absolute atomic E-state index is 0.0663. The van der Waals surface area contributed by atoms with Crippen LogP contribution < -0.4 is 9.64 Å². The maximum Gasteiger partial charge on any atom is 0.239 e. The number of anilines is 1. The zero-order chi connectivity index (χ0) is 29.4. The highest BCUT2D eigenvalue weighted by atomic mass is 79.9. The van der Waals surface area contributed by atoms with Gasteiger partial charge in [0.25, 0.3) is 0 Å². The Morgan fingerprint density at radius 2 is 1.57 bits per heavy atom. The molecule has 8 heteroatoms. The molecule has 0 N–H and O–H groups in total. The molecule has 0 radical (unpaired) electrons. The van der Waals surface area contributed by atoms with Gasteiger partial charge in [-0.25, -0.2) is 0 Å². The number of hydrogen-bond donors (Lipinski definition) is 0. The van der Waals surface area contributed by atoms with Gasteiger partial charge in [0.2, 0.25) is 17.7 Å².